The van der Waals surface area contributed by atoms with Gasteiger partial charge in [0, 0.05) is 6.42 Å². The molecule has 0 amide bonds. The lowest BCUT2D eigenvalue weighted by Gasteiger charge is -2.14. The lowest BCUT2D eigenvalue weighted by Crippen LogP contribution is -2.37. The minimum Gasteiger partial charge on any atom is -0.292 e. The standard InChI is InChI=1S/C11H9F5O/c1-6-2-3-8(12)4-7(6)5-9(17)11(15,16)10(13)14/h2-4,10H,5H2,1H3. The molecule has 0 aliphatic heterocycles. The normalized spacial score (nSPS) is 11.9. The third-order valence-electron chi connectivity index (χ3n) is 2.31. The number of ketones is 1. The highest BCUT2D eigenvalue weighted by atomic mass is 19.3. The van der Waals surface area contributed by atoms with Crippen LogP contribution < -0.4 is 0 Å². The lowest BCUT2D eigenvalue weighted by molar-refractivity contribution is -0.166. The summed E-state index contributed by atoms with van der Waals surface area (Å²) >= 11 is 0. The molecule has 1 nitrogen and oxygen atoms in total. The van der Waals surface area contributed by atoms with Crippen LogP contribution in [0.15, 0.2) is 18.2 Å². The fourth-order valence-electron chi connectivity index (χ4n) is 1.24. The fraction of sp³-hybridized carbons (Fsp3) is 0.364. The van der Waals surface area contributed by atoms with Crippen molar-refractivity contribution in [2.24, 2.45) is 0 Å². The van der Waals surface area contributed by atoms with Gasteiger partial charge < -0.3 is 0 Å². The Bertz CT molecular complexity index is 428. The van der Waals surface area contributed by atoms with Gasteiger partial charge in [-0.3, -0.25) is 4.79 Å². The van der Waals surface area contributed by atoms with Gasteiger partial charge in [0.05, 0.1) is 0 Å². The molecule has 1 rings (SSSR count). The highest BCUT2D eigenvalue weighted by molar-refractivity contribution is 5.88. The van der Waals surface area contributed by atoms with Gasteiger partial charge in [-0.15, -0.1) is 0 Å². The van der Waals surface area contributed by atoms with E-state index < -0.39 is 30.4 Å². The molecule has 0 radical (unpaired) electrons. The van der Waals surface area contributed by atoms with Crippen LogP contribution >= 0.6 is 0 Å². The van der Waals surface area contributed by atoms with Gasteiger partial charge in [0.25, 0.3) is 0 Å². The second-order valence-electron chi connectivity index (χ2n) is 3.59. The summed E-state index contributed by atoms with van der Waals surface area (Å²) in [6.45, 7) is 1.47. The third-order valence-corrected chi connectivity index (χ3v) is 2.31. The third kappa shape index (κ3) is 3.01. The number of hydrogen-bond acceptors (Lipinski definition) is 1. The van der Waals surface area contributed by atoms with Crippen LogP contribution in [0.25, 0.3) is 0 Å². The number of benzene rings is 1. The molecule has 0 aromatic heterocycles. The molecule has 0 aliphatic carbocycles. The summed E-state index contributed by atoms with van der Waals surface area (Å²) in [7, 11) is 0. The maximum atomic E-state index is 12.8. The SMILES string of the molecule is Cc1ccc(F)cc1CC(=O)C(F)(F)C(F)F. The Labute approximate surface area is 94.2 Å². The smallest absolute Gasteiger partial charge is 0.292 e. The molecule has 0 saturated carbocycles. The average molecular weight is 252 g/mol. The first-order chi connectivity index (χ1) is 7.75. The minimum absolute atomic E-state index is 0.0182. The number of Topliss-reactive ketones (excluding diaryl/α,β-unsaturated/α-hetero) is 1. The van der Waals surface area contributed by atoms with E-state index in [0.29, 0.717) is 5.56 Å². The fourth-order valence-corrected chi connectivity index (χ4v) is 1.24. The van der Waals surface area contributed by atoms with Gasteiger partial charge in [-0.25, -0.2) is 13.2 Å². The molecule has 17 heavy (non-hydrogen) atoms. The van der Waals surface area contributed by atoms with Crippen molar-refractivity contribution in [2.75, 3.05) is 0 Å². The van der Waals surface area contributed by atoms with Gasteiger partial charge in [0.2, 0.25) is 5.78 Å². The number of aryl methyl sites for hydroxylation is 1. The molecule has 6 heteroatoms. The monoisotopic (exact) mass is 252 g/mol. The molecule has 0 bridgehead atoms. The quantitative estimate of drug-likeness (QED) is 0.752. The molecular formula is C11H9F5O. The highest BCUT2D eigenvalue weighted by Gasteiger charge is 2.48. The summed E-state index contributed by atoms with van der Waals surface area (Å²) in [5, 5.41) is 0. The van der Waals surface area contributed by atoms with Crippen molar-refractivity contribution < 1.29 is 26.7 Å². The first kappa shape index (κ1) is 13.6. The Morgan fingerprint density at radius 2 is 1.94 bits per heavy atom. The van der Waals surface area contributed by atoms with Crippen molar-refractivity contribution in [2.45, 2.75) is 25.7 Å². The van der Waals surface area contributed by atoms with Crippen molar-refractivity contribution >= 4 is 5.78 Å². The van der Waals surface area contributed by atoms with Crippen LogP contribution in [0.5, 0.6) is 0 Å². The van der Waals surface area contributed by atoms with Gasteiger partial charge in [-0.05, 0) is 30.2 Å². The van der Waals surface area contributed by atoms with Crippen LogP contribution in [-0.4, -0.2) is 18.1 Å². The van der Waals surface area contributed by atoms with Gasteiger partial charge in [-0.1, -0.05) is 6.07 Å². The number of rotatable bonds is 4. The topological polar surface area (TPSA) is 17.1 Å². The van der Waals surface area contributed by atoms with Crippen molar-refractivity contribution in [3.63, 3.8) is 0 Å². The van der Waals surface area contributed by atoms with Crippen LogP contribution in [0.4, 0.5) is 22.0 Å². The minimum atomic E-state index is -4.70. The van der Waals surface area contributed by atoms with Gasteiger partial charge in [-0.2, -0.15) is 8.78 Å². The Morgan fingerprint density at radius 3 is 2.47 bits per heavy atom. The van der Waals surface area contributed by atoms with Gasteiger partial charge >= 0.3 is 12.3 Å². The Balaban J connectivity index is 2.92. The number of carbonyl (C=O) groups is 1. The van der Waals surface area contributed by atoms with Crippen molar-refractivity contribution in [3.8, 4) is 0 Å². The molecule has 0 aliphatic rings. The molecule has 0 saturated heterocycles. The zero-order valence-corrected chi connectivity index (χ0v) is 8.81. The molecule has 0 N–H and O–H groups in total. The molecule has 1 aromatic rings. The van der Waals surface area contributed by atoms with E-state index in [1.54, 1.807) is 0 Å². The average Bonchev–Trinajstić information content (AvgIpc) is 2.23. The molecule has 0 spiro atoms. The molecule has 0 atom stereocenters. The van der Waals surface area contributed by atoms with Gasteiger partial charge in [0.15, 0.2) is 0 Å². The predicted molar refractivity (Wildman–Crippen MR) is 50.8 cm³/mol. The molecule has 0 fully saturated rings. The van der Waals surface area contributed by atoms with Crippen LogP contribution in [-0.2, 0) is 11.2 Å². The zero-order chi connectivity index (χ0) is 13.2. The number of hydrogen-bond donors (Lipinski definition) is 0. The Hall–Kier alpha value is -1.46. The second-order valence-corrected chi connectivity index (χ2v) is 3.59. The second kappa shape index (κ2) is 4.81. The first-order valence-corrected chi connectivity index (χ1v) is 4.69. The van der Waals surface area contributed by atoms with Crippen molar-refractivity contribution in [1.82, 2.24) is 0 Å². The maximum absolute atomic E-state index is 12.8. The van der Waals surface area contributed by atoms with Gasteiger partial charge in [0.1, 0.15) is 5.82 Å². The summed E-state index contributed by atoms with van der Waals surface area (Å²) < 4.78 is 61.9. The van der Waals surface area contributed by atoms with Crippen LogP contribution in [0, 0.1) is 12.7 Å². The van der Waals surface area contributed by atoms with E-state index in [9.17, 15) is 26.7 Å². The van der Waals surface area contributed by atoms with E-state index >= 15 is 0 Å². The summed E-state index contributed by atoms with van der Waals surface area (Å²) in [5.74, 6) is -7.32. The van der Waals surface area contributed by atoms with Crippen LogP contribution in [0.3, 0.4) is 0 Å². The van der Waals surface area contributed by atoms with E-state index in [1.807, 2.05) is 0 Å². The number of carbonyl (C=O) groups excluding carboxylic acids is 1. The molecule has 0 unspecified atom stereocenters. The summed E-state index contributed by atoms with van der Waals surface area (Å²) in [6, 6.07) is 3.27. The summed E-state index contributed by atoms with van der Waals surface area (Å²) in [6.07, 6.45) is -4.97. The van der Waals surface area contributed by atoms with Crippen LogP contribution in [0.1, 0.15) is 11.1 Å². The van der Waals surface area contributed by atoms with Crippen molar-refractivity contribution in [3.05, 3.63) is 35.1 Å². The van der Waals surface area contributed by atoms with E-state index in [2.05, 4.69) is 0 Å². The number of alkyl halides is 4. The van der Waals surface area contributed by atoms with E-state index in [0.717, 1.165) is 12.1 Å². The van der Waals surface area contributed by atoms with Crippen LogP contribution in [0.2, 0.25) is 0 Å². The largest absolute Gasteiger partial charge is 0.364 e. The zero-order valence-electron chi connectivity index (χ0n) is 8.81. The van der Waals surface area contributed by atoms with E-state index in [4.69, 9.17) is 0 Å². The Morgan fingerprint density at radius 1 is 1.35 bits per heavy atom. The number of halogens is 5. The van der Waals surface area contributed by atoms with Crippen molar-refractivity contribution in [1.29, 1.82) is 0 Å². The lowest BCUT2D eigenvalue weighted by atomic mass is 10.0. The highest BCUT2D eigenvalue weighted by Crippen LogP contribution is 2.26. The molecule has 94 valence electrons. The summed E-state index contributed by atoms with van der Waals surface area (Å²) in [4.78, 5) is 11.0. The van der Waals surface area contributed by atoms with E-state index in [-0.39, 0.29) is 5.56 Å². The molecular weight excluding hydrogens is 243 g/mol. The van der Waals surface area contributed by atoms with E-state index in [1.165, 1.54) is 13.0 Å². The summed E-state index contributed by atoms with van der Waals surface area (Å²) in [5.41, 5.74) is 0.375. The first-order valence-electron chi connectivity index (χ1n) is 4.69. The molecule has 0 heterocycles. The maximum Gasteiger partial charge on any atom is 0.364 e. The Kier molecular flexibility index (Phi) is 3.85. The predicted octanol–water partition coefficient (Wildman–Crippen LogP) is 3.15. The molecule has 1 aromatic carbocycles.